The molecule has 1 spiro atoms. The molecule has 2 fully saturated rings. The second kappa shape index (κ2) is 3.50. The maximum atomic E-state index is 5.92. The lowest BCUT2D eigenvalue weighted by Crippen LogP contribution is -2.36. The summed E-state index contributed by atoms with van der Waals surface area (Å²) in [5.41, 5.74) is 2.07. The van der Waals surface area contributed by atoms with Gasteiger partial charge in [0.1, 0.15) is 0 Å². The Hall–Kier alpha value is -0.530. The Morgan fingerprint density at radius 2 is 1.93 bits per heavy atom. The molecule has 1 aromatic rings. The average molecular weight is 222 g/mol. The monoisotopic (exact) mass is 221 g/mol. The molecule has 2 heteroatoms. The van der Waals surface area contributed by atoms with Gasteiger partial charge in [-0.05, 0) is 54.8 Å². The van der Waals surface area contributed by atoms with Crippen LogP contribution < -0.4 is 5.32 Å². The zero-order chi connectivity index (χ0) is 10.3. The SMILES string of the molecule is Clc1ccc(C2CCNCC23CC3)cc1. The third-order valence-corrected chi connectivity index (χ3v) is 4.24. The van der Waals surface area contributed by atoms with Crippen LogP contribution in [-0.2, 0) is 0 Å². The average Bonchev–Trinajstić information content (AvgIpc) is 3.01. The predicted molar refractivity (Wildman–Crippen MR) is 63.3 cm³/mol. The molecule has 1 N–H and O–H groups in total. The third-order valence-electron chi connectivity index (χ3n) is 3.99. The first-order valence-corrected chi connectivity index (χ1v) is 6.14. The van der Waals surface area contributed by atoms with Crippen LogP contribution in [0.2, 0.25) is 5.02 Å². The third kappa shape index (κ3) is 1.68. The van der Waals surface area contributed by atoms with Gasteiger partial charge in [-0.3, -0.25) is 0 Å². The molecule has 1 unspecified atom stereocenters. The fraction of sp³-hybridized carbons (Fsp3) is 0.538. The first-order chi connectivity index (χ1) is 7.30. The van der Waals surface area contributed by atoms with Crippen molar-refractivity contribution in [3.8, 4) is 0 Å². The van der Waals surface area contributed by atoms with Crippen molar-refractivity contribution in [1.29, 1.82) is 0 Å². The topological polar surface area (TPSA) is 12.0 Å². The zero-order valence-corrected chi connectivity index (χ0v) is 9.56. The smallest absolute Gasteiger partial charge is 0.0406 e. The molecule has 1 heterocycles. The van der Waals surface area contributed by atoms with Crippen LogP contribution in [0.3, 0.4) is 0 Å². The van der Waals surface area contributed by atoms with Crippen LogP contribution >= 0.6 is 11.6 Å². The van der Waals surface area contributed by atoms with E-state index in [4.69, 9.17) is 11.6 Å². The lowest BCUT2D eigenvalue weighted by atomic mass is 9.78. The van der Waals surface area contributed by atoms with Gasteiger partial charge in [0.2, 0.25) is 0 Å². The molecule has 15 heavy (non-hydrogen) atoms. The number of piperidine rings is 1. The van der Waals surface area contributed by atoms with Crippen molar-refractivity contribution in [3.05, 3.63) is 34.9 Å². The summed E-state index contributed by atoms with van der Waals surface area (Å²) in [5.74, 6) is 0.760. The van der Waals surface area contributed by atoms with Crippen molar-refractivity contribution < 1.29 is 0 Å². The van der Waals surface area contributed by atoms with E-state index in [1.165, 1.54) is 31.4 Å². The molecule has 2 aliphatic rings. The summed E-state index contributed by atoms with van der Waals surface area (Å²) in [7, 11) is 0. The molecule has 0 aromatic heterocycles. The summed E-state index contributed by atoms with van der Waals surface area (Å²) in [4.78, 5) is 0. The molecule has 0 amide bonds. The molecule has 1 aliphatic carbocycles. The van der Waals surface area contributed by atoms with Crippen molar-refractivity contribution in [2.24, 2.45) is 5.41 Å². The van der Waals surface area contributed by atoms with E-state index in [0.29, 0.717) is 5.41 Å². The Labute approximate surface area is 95.8 Å². The standard InChI is InChI=1S/C13H16ClN/c14-11-3-1-10(2-4-11)12-5-8-15-9-13(12)6-7-13/h1-4,12,15H,5-9H2. The van der Waals surface area contributed by atoms with E-state index in [0.717, 1.165) is 17.5 Å². The van der Waals surface area contributed by atoms with Gasteiger partial charge in [-0.2, -0.15) is 0 Å². The van der Waals surface area contributed by atoms with Gasteiger partial charge in [-0.1, -0.05) is 23.7 Å². The highest BCUT2D eigenvalue weighted by Crippen LogP contribution is 2.58. The van der Waals surface area contributed by atoms with Crippen molar-refractivity contribution >= 4 is 11.6 Å². The van der Waals surface area contributed by atoms with E-state index >= 15 is 0 Å². The maximum absolute atomic E-state index is 5.92. The minimum Gasteiger partial charge on any atom is -0.316 e. The predicted octanol–water partition coefficient (Wildman–Crippen LogP) is 3.20. The molecule has 1 saturated carbocycles. The Balaban J connectivity index is 1.89. The van der Waals surface area contributed by atoms with Gasteiger partial charge in [0.05, 0.1) is 0 Å². The van der Waals surface area contributed by atoms with Crippen LogP contribution in [-0.4, -0.2) is 13.1 Å². The summed E-state index contributed by atoms with van der Waals surface area (Å²) < 4.78 is 0. The van der Waals surface area contributed by atoms with Gasteiger partial charge in [-0.15, -0.1) is 0 Å². The van der Waals surface area contributed by atoms with E-state index in [2.05, 4.69) is 17.4 Å². The van der Waals surface area contributed by atoms with Crippen LogP contribution in [0.15, 0.2) is 24.3 Å². The summed E-state index contributed by atoms with van der Waals surface area (Å²) in [6.07, 6.45) is 4.07. The molecular weight excluding hydrogens is 206 g/mol. The second-order valence-corrected chi connectivity index (χ2v) is 5.37. The molecule has 3 rings (SSSR count). The minimum absolute atomic E-state index is 0.589. The molecule has 0 radical (unpaired) electrons. The van der Waals surface area contributed by atoms with Crippen molar-refractivity contribution in [3.63, 3.8) is 0 Å². The highest BCUT2D eigenvalue weighted by Gasteiger charge is 2.50. The second-order valence-electron chi connectivity index (χ2n) is 4.93. The Bertz CT molecular complexity index is 353. The number of halogens is 1. The number of benzene rings is 1. The summed E-state index contributed by atoms with van der Waals surface area (Å²) in [6, 6.07) is 8.46. The molecule has 1 aliphatic heterocycles. The van der Waals surface area contributed by atoms with Crippen LogP contribution in [0, 0.1) is 5.41 Å². The molecule has 80 valence electrons. The number of hydrogen-bond donors (Lipinski definition) is 1. The molecule has 1 saturated heterocycles. The van der Waals surface area contributed by atoms with E-state index in [9.17, 15) is 0 Å². The van der Waals surface area contributed by atoms with E-state index in [1.54, 1.807) is 0 Å². The number of hydrogen-bond acceptors (Lipinski definition) is 1. The normalized spacial score (nSPS) is 27.9. The minimum atomic E-state index is 0.589. The highest BCUT2D eigenvalue weighted by atomic mass is 35.5. The van der Waals surface area contributed by atoms with Gasteiger partial charge >= 0.3 is 0 Å². The Morgan fingerprint density at radius 3 is 2.60 bits per heavy atom. The van der Waals surface area contributed by atoms with Crippen LogP contribution in [0.1, 0.15) is 30.7 Å². The van der Waals surface area contributed by atoms with E-state index in [1.807, 2.05) is 12.1 Å². The zero-order valence-electron chi connectivity index (χ0n) is 8.80. The Morgan fingerprint density at radius 1 is 1.20 bits per heavy atom. The molecule has 0 bridgehead atoms. The molecule has 1 aromatic carbocycles. The molecule has 1 nitrogen and oxygen atoms in total. The van der Waals surface area contributed by atoms with Crippen molar-refractivity contribution in [2.45, 2.75) is 25.2 Å². The molecular formula is C13H16ClN. The van der Waals surface area contributed by atoms with Crippen molar-refractivity contribution in [2.75, 3.05) is 13.1 Å². The lowest BCUT2D eigenvalue weighted by Gasteiger charge is -2.32. The maximum Gasteiger partial charge on any atom is 0.0406 e. The van der Waals surface area contributed by atoms with Gasteiger partial charge in [0.25, 0.3) is 0 Å². The van der Waals surface area contributed by atoms with Crippen molar-refractivity contribution in [1.82, 2.24) is 5.32 Å². The largest absolute Gasteiger partial charge is 0.316 e. The van der Waals surface area contributed by atoms with Gasteiger partial charge < -0.3 is 5.32 Å². The van der Waals surface area contributed by atoms with Crippen LogP contribution in [0.25, 0.3) is 0 Å². The number of nitrogens with one attached hydrogen (secondary N) is 1. The quantitative estimate of drug-likeness (QED) is 0.768. The number of rotatable bonds is 1. The summed E-state index contributed by atoms with van der Waals surface area (Å²) >= 11 is 5.92. The molecule has 1 atom stereocenters. The Kier molecular flexibility index (Phi) is 2.26. The van der Waals surface area contributed by atoms with E-state index < -0.39 is 0 Å². The fourth-order valence-corrected chi connectivity index (χ4v) is 3.04. The van der Waals surface area contributed by atoms with Gasteiger partial charge in [0, 0.05) is 11.6 Å². The first-order valence-electron chi connectivity index (χ1n) is 5.76. The van der Waals surface area contributed by atoms with Crippen LogP contribution in [0.4, 0.5) is 0 Å². The summed E-state index contributed by atoms with van der Waals surface area (Å²) in [5, 5.41) is 4.37. The van der Waals surface area contributed by atoms with Crippen LogP contribution in [0.5, 0.6) is 0 Å². The fourth-order valence-electron chi connectivity index (χ4n) is 2.91. The summed E-state index contributed by atoms with van der Waals surface area (Å²) in [6.45, 7) is 2.37. The van der Waals surface area contributed by atoms with Gasteiger partial charge in [0.15, 0.2) is 0 Å². The first kappa shape index (κ1) is 9.68. The lowest BCUT2D eigenvalue weighted by molar-refractivity contribution is 0.304. The van der Waals surface area contributed by atoms with Gasteiger partial charge in [-0.25, -0.2) is 0 Å². The highest BCUT2D eigenvalue weighted by molar-refractivity contribution is 6.30. The van der Waals surface area contributed by atoms with E-state index in [-0.39, 0.29) is 0 Å².